The van der Waals surface area contributed by atoms with Crippen molar-refractivity contribution >= 4 is 11.6 Å². The van der Waals surface area contributed by atoms with Gasteiger partial charge in [-0.3, -0.25) is 4.79 Å². The minimum absolute atomic E-state index is 0.0790. The number of amides is 1. The number of hydrogen-bond donors (Lipinski definition) is 1. The molecule has 0 unspecified atom stereocenters. The number of hydrogen-bond acceptors (Lipinski definition) is 5. The Bertz CT molecular complexity index is 1280. The van der Waals surface area contributed by atoms with Gasteiger partial charge in [-0.15, -0.1) is 0 Å². The van der Waals surface area contributed by atoms with E-state index in [9.17, 15) is 13.6 Å². The van der Waals surface area contributed by atoms with Crippen LogP contribution in [0.1, 0.15) is 28.0 Å². The van der Waals surface area contributed by atoms with Gasteiger partial charge in [0.2, 0.25) is 0 Å². The van der Waals surface area contributed by atoms with Gasteiger partial charge in [0, 0.05) is 12.1 Å². The Morgan fingerprint density at radius 3 is 2.52 bits per heavy atom. The molecule has 0 saturated carbocycles. The lowest BCUT2D eigenvalue weighted by atomic mass is 10.1. The maximum Gasteiger partial charge on any atom is 0.280 e. The maximum absolute atomic E-state index is 13.7. The molecule has 0 aliphatic rings. The van der Waals surface area contributed by atoms with Gasteiger partial charge in [0.1, 0.15) is 11.3 Å². The van der Waals surface area contributed by atoms with Crippen molar-refractivity contribution in [3.63, 3.8) is 0 Å². The molecule has 4 aromatic rings. The van der Waals surface area contributed by atoms with Gasteiger partial charge in [0.25, 0.3) is 12.3 Å². The van der Waals surface area contributed by atoms with E-state index in [0.29, 0.717) is 35.7 Å². The quantitative estimate of drug-likeness (QED) is 0.431. The van der Waals surface area contributed by atoms with E-state index in [2.05, 4.69) is 15.4 Å². The van der Waals surface area contributed by atoms with Gasteiger partial charge in [-0.1, -0.05) is 36.4 Å². The van der Waals surface area contributed by atoms with Crippen LogP contribution in [0.15, 0.2) is 60.8 Å². The topological polar surface area (TPSA) is 77.8 Å². The van der Waals surface area contributed by atoms with Gasteiger partial charge in [-0.05, 0) is 30.2 Å². The molecule has 1 N–H and O–H groups in total. The molecule has 170 valence electrons. The molecule has 1 amide bonds. The number of halogens is 2. The molecule has 2 heterocycles. The molecule has 2 aromatic heterocycles. The first-order valence-electron chi connectivity index (χ1n) is 10.2. The van der Waals surface area contributed by atoms with E-state index in [-0.39, 0.29) is 16.9 Å². The predicted octanol–water partition coefficient (Wildman–Crippen LogP) is 4.32. The molecule has 0 fully saturated rings. The molecule has 9 heteroatoms. The van der Waals surface area contributed by atoms with Gasteiger partial charge in [0.15, 0.2) is 17.1 Å². The fourth-order valence-corrected chi connectivity index (χ4v) is 3.51. The molecule has 33 heavy (non-hydrogen) atoms. The van der Waals surface area contributed by atoms with Crippen molar-refractivity contribution in [3.05, 3.63) is 77.6 Å². The van der Waals surface area contributed by atoms with Gasteiger partial charge < -0.3 is 14.8 Å². The molecule has 0 aliphatic heterocycles. The maximum atomic E-state index is 13.7. The summed E-state index contributed by atoms with van der Waals surface area (Å²) in [6.07, 6.45) is -0.982. The average molecular weight is 452 g/mol. The molecule has 0 radical (unpaired) electrons. The van der Waals surface area contributed by atoms with Crippen LogP contribution in [0.4, 0.5) is 8.78 Å². The lowest BCUT2D eigenvalue weighted by Crippen LogP contribution is -2.25. The summed E-state index contributed by atoms with van der Waals surface area (Å²) < 4.78 is 38.9. The van der Waals surface area contributed by atoms with Crippen molar-refractivity contribution < 1.29 is 23.0 Å². The summed E-state index contributed by atoms with van der Waals surface area (Å²) in [5.41, 5.74) is 1.83. The van der Waals surface area contributed by atoms with Crippen molar-refractivity contribution in [2.24, 2.45) is 0 Å². The molecule has 0 atom stereocenters. The average Bonchev–Trinajstić information content (AvgIpc) is 3.27. The largest absolute Gasteiger partial charge is 0.493 e. The number of nitrogens with zero attached hydrogens (tertiary/aromatic N) is 3. The normalized spacial score (nSPS) is 11.1. The van der Waals surface area contributed by atoms with Gasteiger partial charge in [0.05, 0.1) is 26.1 Å². The van der Waals surface area contributed by atoms with E-state index in [4.69, 9.17) is 9.47 Å². The number of carbonyl (C=O) groups is 1. The molecular weight excluding hydrogens is 430 g/mol. The van der Waals surface area contributed by atoms with Crippen LogP contribution in [0.25, 0.3) is 16.9 Å². The van der Waals surface area contributed by atoms with Crippen LogP contribution >= 0.6 is 0 Å². The zero-order chi connectivity index (χ0) is 23.4. The molecule has 0 bridgehead atoms. The summed E-state index contributed by atoms with van der Waals surface area (Å²) in [6, 6.07) is 15.8. The number of aromatic nitrogens is 3. The number of methoxy groups -OCH3 is 2. The Kier molecular flexibility index (Phi) is 6.48. The number of fused-ring (bicyclic) bond motifs is 1. The highest BCUT2D eigenvalue weighted by atomic mass is 19.3. The summed E-state index contributed by atoms with van der Waals surface area (Å²) in [5, 5.41) is 6.79. The lowest BCUT2D eigenvalue weighted by Gasteiger charge is -2.10. The number of rotatable bonds is 8. The smallest absolute Gasteiger partial charge is 0.280 e. The van der Waals surface area contributed by atoms with Gasteiger partial charge >= 0.3 is 0 Å². The van der Waals surface area contributed by atoms with E-state index in [1.807, 2.05) is 18.2 Å². The fraction of sp³-hybridized carbons (Fsp3) is 0.208. The van der Waals surface area contributed by atoms with Gasteiger partial charge in [-0.2, -0.15) is 5.10 Å². The molecule has 0 aliphatic carbocycles. The zero-order valence-corrected chi connectivity index (χ0v) is 18.1. The number of benzene rings is 2. The molecule has 0 saturated heterocycles. The van der Waals surface area contributed by atoms with E-state index in [1.165, 1.54) is 12.3 Å². The monoisotopic (exact) mass is 452 g/mol. The third-order valence-corrected chi connectivity index (χ3v) is 5.18. The van der Waals surface area contributed by atoms with Crippen molar-refractivity contribution in [3.8, 4) is 22.8 Å². The van der Waals surface area contributed by atoms with Crippen LogP contribution in [-0.4, -0.2) is 41.3 Å². The number of carbonyl (C=O) groups excluding carboxylic acids is 1. The van der Waals surface area contributed by atoms with Crippen molar-refractivity contribution in [2.45, 2.75) is 12.8 Å². The Balaban J connectivity index is 1.56. The third-order valence-electron chi connectivity index (χ3n) is 5.18. The number of alkyl halides is 2. The highest BCUT2D eigenvalue weighted by molar-refractivity contribution is 5.99. The first-order chi connectivity index (χ1) is 16.0. The SMILES string of the molecule is COc1ccc(CCNC(=O)c2cnn3c(C(F)F)cc(-c4ccccc4)nc23)cc1OC. The van der Waals surface area contributed by atoms with E-state index < -0.39 is 12.3 Å². The second-order valence-electron chi connectivity index (χ2n) is 7.22. The zero-order valence-electron chi connectivity index (χ0n) is 18.1. The third kappa shape index (κ3) is 4.62. The summed E-state index contributed by atoms with van der Waals surface area (Å²) in [5.74, 6) is 0.774. The minimum Gasteiger partial charge on any atom is -0.493 e. The first-order valence-corrected chi connectivity index (χ1v) is 10.2. The minimum atomic E-state index is -2.78. The van der Waals surface area contributed by atoms with Crippen LogP contribution in [0.3, 0.4) is 0 Å². The number of nitrogens with one attached hydrogen (secondary N) is 1. The highest BCUT2D eigenvalue weighted by Gasteiger charge is 2.21. The highest BCUT2D eigenvalue weighted by Crippen LogP contribution is 2.28. The van der Waals surface area contributed by atoms with Crippen LogP contribution in [0, 0.1) is 0 Å². The Morgan fingerprint density at radius 2 is 1.82 bits per heavy atom. The van der Waals surface area contributed by atoms with Crippen LogP contribution in [0.2, 0.25) is 0 Å². The summed E-state index contributed by atoms with van der Waals surface area (Å²) >= 11 is 0. The summed E-state index contributed by atoms with van der Waals surface area (Å²) in [4.78, 5) is 17.3. The Hall–Kier alpha value is -4.01. The van der Waals surface area contributed by atoms with Crippen LogP contribution in [0.5, 0.6) is 11.5 Å². The molecule has 0 spiro atoms. The Labute approximate surface area is 189 Å². The van der Waals surface area contributed by atoms with E-state index >= 15 is 0 Å². The second kappa shape index (κ2) is 9.64. The van der Waals surface area contributed by atoms with Crippen molar-refractivity contribution in [1.29, 1.82) is 0 Å². The fourth-order valence-electron chi connectivity index (χ4n) is 3.51. The van der Waals surface area contributed by atoms with Crippen molar-refractivity contribution in [2.75, 3.05) is 20.8 Å². The van der Waals surface area contributed by atoms with Crippen LogP contribution in [-0.2, 0) is 6.42 Å². The summed E-state index contributed by atoms with van der Waals surface area (Å²) in [7, 11) is 3.11. The molecule has 4 rings (SSSR count). The molecular formula is C24H22F2N4O3. The van der Waals surface area contributed by atoms with Crippen molar-refractivity contribution in [1.82, 2.24) is 19.9 Å². The summed E-state index contributed by atoms with van der Waals surface area (Å²) in [6.45, 7) is 0.325. The first kappa shape index (κ1) is 22.2. The van der Waals surface area contributed by atoms with E-state index in [1.54, 1.807) is 44.6 Å². The predicted molar refractivity (Wildman–Crippen MR) is 119 cm³/mol. The molecule has 2 aromatic carbocycles. The Morgan fingerprint density at radius 1 is 1.06 bits per heavy atom. The number of ether oxygens (including phenoxy) is 2. The van der Waals surface area contributed by atoms with E-state index in [0.717, 1.165) is 10.1 Å². The van der Waals surface area contributed by atoms with Crippen LogP contribution < -0.4 is 14.8 Å². The molecule has 7 nitrogen and oxygen atoms in total. The van der Waals surface area contributed by atoms with Gasteiger partial charge in [-0.25, -0.2) is 18.3 Å². The second-order valence-corrected chi connectivity index (χ2v) is 7.22. The lowest BCUT2D eigenvalue weighted by molar-refractivity contribution is 0.0955. The standard InChI is InChI=1S/C24H22F2N4O3/c1-32-20-9-8-15(12-21(20)33-2)10-11-27-24(31)17-14-28-30-19(22(25)26)13-18(29-23(17)30)16-6-4-3-5-7-16/h3-9,12-14,22H,10-11H2,1-2H3,(H,27,31).